The van der Waals surface area contributed by atoms with Gasteiger partial charge in [-0.2, -0.15) is 0 Å². The van der Waals surface area contributed by atoms with Crippen LogP contribution in [0.15, 0.2) is 12.5 Å². The van der Waals surface area contributed by atoms with Crippen LogP contribution in [0.3, 0.4) is 0 Å². The molecule has 2 aliphatic rings. The van der Waals surface area contributed by atoms with Crippen molar-refractivity contribution in [2.24, 2.45) is 23.5 Å². The number of imidazole rings is 1. The third-order valence-corrected chi connectivity index (χ3v) is 5.37. The van der Waals surface area contributed by atoms with Crippen LogP contribution in [0.1, 0.15) is 63.7 Å². The maximum Gasteiger partial charge on any atom is 0.0951 e. The van der Waals surface area contributed by atoms with Crippen molar-refractivity contribution < 1.29 is 0 Å². The molecule has 2 saturated carbocycles. The standard InChI is InChI=1S/C15H25N3/c1-3-14(16)15-8-17-9-18(15)10(2)13-7-11-4-5-12(13)6-11/h8-14H,3-7,16H2,1-2H3/t10?,11?,12?,13?,14-/m1/s1. The van der Waals surface area contributed by atoms with Crippen molar-refractivity contribution in [1.29, 1.82) is 0 Å². The first-order valence-corrected chi connectivity index (χ1v) is 7.48. The van der Waals surface area contributed by atoms with Crippen LogP contribution in [0.2, 0.25) is 0 Å². The Hall–Kier alpha value is -0.830. The second-order valence-corrected chi connectivity index (χ2v) is 6.32. The number of fused-ring (bicyclic) bond motifs is 2. The van der Waals surface area contributed by atoms with Crippen molar-refractivity contribution in [3.05, 3.63) is 18.2 Å². The van der Waals surface area contributed by atoms with E-state index in [1.54, 1.807) is 0 Å². The first-order chi connectivity index (χ1) is 8.70. The van der Waals surface area contributed by atoms with E-state index in [9.17, 15) is 0 Å². The third kappa shape index (κ3) is 1.89. The van der Waals surface area contributed by atoms with Gasteiger partial charge in [0.15, 0.2) is 0 Å². The van der Waals surface area contributed by atoms with Crippen molar-refractivity contribution in [3.63, 3.8) is 0 Å². The zero-order chi connectivity index (χ0) is 12.7. The van der Waals surface area contributed by atoms with Gasteiger partial charge in [-0.15, -0.1) is 0 Å². The Bertz CT molecular complexity index is 412. The molecule has 18 heavy (non-hydrogen) atoms. The summed E-state index contributed by atoms with van der Waals surface area (Å²) in [5.41, 5.74) is 7.41. The Morgan fingerprint density at radius 2 is 2.28 bits per heavy atom. The van der Waals surface area contributed by atoms with Crippen LogP contribution in [0.4, 0.5) is 0 Å². The predicted octanol–water partition coefficient (Wildman–Crippen LogP) is 3.29. The van der Waals surface area contributed by atoms with E-state index in [0.717, 1.165) is 24.2 Å². The Kier molecular flexibility index (Phi) is 3.18. The lowest BCUT2D eigenvalue weighted by Gasteiger charge is -2.30. The summed E-state index contributed by atoms with van der Waals surface area (Å²) in [7, 11) is 0. The molecule has 2 aliphatic carbocycles. The Morgan fingerprint density at radius 3 is 2.89 bits per heavy atom. The number of hydrogen-bond donors (Lipinski definition) is 1. The van der Waals surface area contributed by atoms with Crippen LogP contribution in [-0.2, 0) is 0 Å². The zero-order valence-electron chi connectivity index (χ0n) is 11.5. The Morgan fingerprint density at radius 1 is 1.44 bits per heavy atom. The monoisotopic (exact) mass is 247 g/mol. The fraction of sp³-hybridized carbons (Fsp3) is 0.800. The minimum Gasteiger partial charge on any atom is -0.330 e. The van der Waals surface area contributed by atoms with E-state index in [1.807, 2.05) is 12.5 Å². The molecule has 0 aliphatic heterocycles. The summed E-state index contributed by atoms with van der Waals surface area (Å²) in [5, 5.41) is 0. The van der Waals surface area contributed by atoms with Crippen LogP contribution in [-0.4, -0.2) is 9.55 Å². The molecule has 2 N–H and O–H groups in total. The molecule has 0 saturated heterocycles. The van der Waals surface area contributed by atoms with E-state index in [-0.39, 0.29) is 6.04 Å². The Balaban J connectivity index is 1.80. The van der Waals surface area contributed by atoms with Crippen LogP contribution in [0.5, 0.6) is 0 Å². The van der Waals surface area contributed by atoms with E-state index in [4.69, 9.17) is 5.73 Å². The van der Waals surface area contributed by atoms with Gasteiger partial charge < -0.3 is 10.3 Å². The summed E-state index contributed by atoms with van der Waals surface area (Å²) in [6.45, 7) is 4.50. The summed E-state index contributed by atoms with van der Waals surface area (Å²) < 4.78 is 2.35. The van der Waals surface area contributed by atoms with Crippen LogP contribution < -0.4 is 5.73 Å². The van der Waals surface area contributed by atoms with E-state index >= 15 is 0 Å². The number of aromatic nitrogens is 2. The van der Waals surface area contributed by atoms with Crippen molar-refractivity contribution >= 4 is 0 Å². The molecule has 5 atom stereocenters. The molecule has 3 heteroatoms. The molecule has 0 radical (unpaired) electrons. The third-order valence-electron chi connectivity index (χ3n) is 5.37. The van der Waals surface area contributed by atoms with Gasteiger partial charge in [0.25, 0.3) is 0 Å². The smallest absolute Gasteiger partial charge is 0.0951 e. The van der Waals surface area contributed by atoms with Crippen molar-refractivity contribution in [2.45, 2.75) is 58.0 Å². The fourth-order valence-electron chi connectivity index (χ4n) is 4.24. The summed E-state index contributed by atoms with van der Waals surface area (Å²) in [6, 6.07) is 0.698. The van der Waals surface area contributed by atoms with E-state index in [2.05, 4.69) is 23.4 Å². The summed E-state index contributed by atoms with van der Waals surface area (Å²) in [5.74, 6) is 2.81. The van der Waals surface area contributed by atoms with Gasteiger partial charge in [-0.05, 0) is 50.4 Å². The second kappa shape index (κ2) is 4.69. The first kappa shape index (κ1) is 12.2. The molecule has 0 spiro atoms. The predicted molar refractivity (Wildman–Crippen MR) is 73.1 cm³/mol. The van der Waals surface area contributed by atoms with Crippen LogP contribution in [0, 0.1) is 17.8 Å². The van der Waals surface area contributed by atoms with Crippen molar-refractivity contribution in [3.8, 4) is 0 Å². The molecule has 0 aromatic carbocycles. The number of nitrogens with zero attached hydrogens (tertiary/aromatic N) is 2. The molecule has 1 aromatic heterocycles. The molecule has 1 heterocycles. The molecule has 2 fully saturated rings. The van der Waals surface area contributed by atoms with Crippen LogP contribution in [0.25, 0.3) is 0 Å². The van der Waals surface area contributed by atoms with E-state index in [1.165, 1.54) is 31.4 Å². The fourth-order valence-corrected chi connectivity index (χ4v) is 4.24. The van der Waals surface area contributed by atoms with Crippen LogP contribution >= 0.6 is 0 Å². The lowest BCUT2D eigenvalue weighted by molar-refractivity contribution is 0.238. The van der Waals surface area contributed by atoms with Gasteiger partial charge in [0.1, 0.15) is 0 Å². The summed E-state index contributed by atoms with van der Waals surface area (Å²) in [6.07, 6.45) is 10.7. The highest BCUT2D eigenvalue weighted by Crippen LogP contribution is 2.52. The van der Waals surface area contributed by atoms with Gasteiger partial charge in [0.2, 0.25) is 0 Å². The molecule has 3 nitrogen and oxygen atoms in total. The average Bonchev–Trinajstić information content (AvgIpc) is 3.11. The van der Waals surface area contributed by atoms with Gasteiger partial charge in [0, 0.05) is 18.3 Å². The van der Waals surface area contributed by atoms with Gasteiger partial charge in [-0.25, -0.2) is 4.98 Å². The number of rotatable bonds is 4. The largest absolute Gasteiger partial charge is 0.330 e. The topological polar surface area (TPSA) is 43.8 Å². The molecule has 4 unspecified atom stereocenters. The lowest BCUT2D eigenvalue weighted by atomic mass is 9.83. The van der Waals surface area contributed by atoms with E-state index in [0.29, 0.717) is 6.04 Å². The van der Waals surface area contributed by atoms with Crippen molar-refractivity contribution in [1.82, 2.24) is 9.55 Å². The highest BCUT2D eigenvalue weighted by molar-refractivity contribution is 5.07. The molecule has 3 rings (SSSR count). The maximum absolute atomic E-state index is 6.19. The average molecular weight is 247 g/mol. The van der Waals surface area contributed by atoms with Gasteiger partial charge >= 0.3 is 0 Å². The lowest BCUT2D eigenvalue weighted by Crippen LogP contribution is -2.25. The minimum absolute atomic E-state index is 0.133. The van der Waals surface area contributed by atoms with Crippen molar-refractivity contribution in [2.75, 3.05) is 0 Å². The minimum atomic E-state index is 0.133. The quantitative estimate of drug-likeness (QED) is 0.887. The zero-order valence-corrected chi connectivity index (χ0v) is 11.5. The molecular formula is C15H25N3. The molecule has 100 valence electrons. The second-order valence-electron chi connectivity index (χ2n) is 6.32. The van der Waals surface area contributed by atoms with Gasteiger partial charge in [-0.1, -0.05) is 13.3 Å². The first-order valence-electron chi connectivity index (χ1n) is 7.48. The highest BCUT2D eigenvalue weighted by atomic mass is 15.1. The molecular weight excluding hydrogens is 222 g/mol. The SMILES string of the molecule is CC[C@@H](N)c1cncn1C(C)C1CC2CCC1C2. The normalized spacial score (nSPS) is 33.8. The van der Waals surface area contributed by atoms with Gasteiger partial charge in [-0.3, -0.25) is 0 Å². The number of hydrogen-bond acceptors (Lipinski definition) is 2. The highest BCUT2D eigenvalue weighted by Gasteiger charge is 2.42. The molecule has 1 aromatic rings. The maximum atomic E-state index is 6.19. The Labute approximate surface area is 110 Å². The summed E-state index contributed by atoms with van der Waals surface area (Å²) >= 11 is 0. The molecule has 0 amide bonds. The van der Waals surface area contributed by atoms with E-state index < -0.39 is 0 Å². The van der Waals surface area contributed by atoms with Gasteiger partial charge in [0.05, 0.1) is 12.0 Å². The molecule has 2 bridgehead atoms. The number of nitrogens with two attached hydrogens (primary N) is 1. The summed E-state index contributed by atoms with van der Waals surface area (Å²) in [4.78, 5) is 4.33.